The molecule has 0 amide bonds. The fraction of sp³-hybridized carbons (Fsp3) is 0.0625. The third-order valence-corrected chi connectivity index (χ3v) is 3.28. The van der Waals surface area contributed by atoms with Crippen molar-refractivity contribution in [2.45, 2.75) is 0 Å². The number of methoxy groups -OCH3 is 1. The lowest BCUT2D eigenvalue weighted by atomic mass is 10.2. The summed E-state index contributed by atoms with van der Waals surface area (Å²) < 4.78 is 6.36. The van der Waals surface area contributed by atoms with Crippen LogP contribution in [0.4, 0.5) is 0 Å². The number of carbonyl (C=O) groups excluding carboxylic acids is 1. The Bertz CT molecular complexity index is 884. The van der Waals surface area contributed by atoms with Gasteiger partial charge in [0, 0.05) is 5.39 Å². The molecule has 5 heteroatoms. The van der Waals surface area contributed by atoms with Gasteiger partial charge in [-0.15, -0.1) is 0 Å². The van der Waals surface area contributed by atoms with Crippen LogP contribution in [-0.4, -0.2) is 23.2 Å². The highest BCUT2D eigenvalue weighted by atomic mass is 16.5. The maximum Gasteiger partial charge on any atom is 0.279 e. The Labute approximate surface area is 120 Å². The second-order valence-electron chi connectivity index (χ2n) is 4.49. The minimum Gasteiger partial charge on any atom is -0.496 e. The van der Waals surface area contributed by atoms with Crippen LogP contribution in [0.2, 0.25) is 0 Å². The van der Waals surface area contributed by atoms with Crippen LogP contribution in [0, 0.1) is 0 Å². The van der Waals surface area contributed by atoms with Gasteiger partial charge in [0.25, 0.3) is 5.56 Å². The highest BCUT2D eigenvalue weighted by Gasteiger charge is 2.09. The Hall–Kier alpha value is -2.95. The predicted octanol–water partition coefficient (Wildman–Crippen LogP) is 2.21. The summed E-state index contributed by atoms with van der Waals surface area (Å²) in [4.78, 5) is 23.5. The fourth-order valence-corrected chi connectivity index (χ4v) is 2.22. The summed E-state index contributed by atoms with van der Waals surface area (Å²) in [6, 6.07) is 12.1. The van der Waals surface area contributed by atoms with Gasteiger partial charge in [-0.3, -0.25) is 9.59 Å². The molecule has 1 aromatic heterocycles. The van der Waals surface area contributed by atoms with Gasteiger partial charge in [0.1, 0.15) is 5.75 Å². The zero-order valence-corrected chi connectivity index (χ0v) is 11.3. The van der Waals surface area contributed by atoms with Crippen molar-refractivity contribution < 1.29 is 9.53 Å². The fourth-order valence-electron chi connectivity index (χ4n) is 2.22. The Morgan fingerprint density at radius 2 is 2.00 bits per heavy atom. The SMILES string of the molecule is COc1ccc(-n2ncc3ccccc3c2=O)cc1C=O. The topological polar surface area (TPSA) is 61.2 Å². The van der Waals surface area contributed by atoms with Crippen molar-refractivity contribution in [1.29, 1.82) is 0 Å². The molecule has 104 valence electrons. The van der Waals surface area contributed by atoms with Crippen LogP contribution >= 0.6 is 0 Å². The number of nitrogens with zero attached hydrogens (tertiary/aromatic N) is 2. The summed E-state index contributed by atoms with van der Waals surface area (Å²) in [7, 11) is 1.49. The van der Waals surface area contributed by atoms with E-state index >= 15 is 0 Å². The van der Waals surface area contributed by atoms with Gasteiger partial charge in [0.15, 0.2) is 6.29 Å². The minimum atomic E-state index is -0.227. The van der Waals surface area contributed by atoms with Crippen molar-refractivity contribution in [1.82, 2.24) is 9.78 Å². The quantitative estimate of drug-likeness (QED) is 0.690. The number of aromatic nitrogens is 2. The van der Waals surface area contributed by atoms with Crippen LogP contribution in [-0.2, 0) is 0 Å². The molecule has 0 radical (unpaired) electrons. The molecular weight excluding hydrogens is 268 g/mol. The number of ether oxygens (including phenoxy) is 1. The molecule has 0 bridgehead atoms. The summed E-state index contributed by atoms with van der Waals surface area (Å²) in [6.45, 7) is 0. The zero-order valence-electron chi connectivity index (χ0n) is 11.3. The Morgan fingerprint density at radius 3 is 2.76 bits per heavy atom. The van der Waals surface area contributed by atoms with E-state index < -0.39 is 0 Å². The van der Waals surface area contributed by atoms with Crippen LogP contribution < -0.4 is 10.3 Å². The van der Waals surface area contributed by atoms with Crippen LogP contribution in [0.1, 0.15) is 10.4 Å². The van der Waals surface area contributed by atoms with E-state index in [2.05, 4.69) is 5.10 Å². The summed E-state index contributed by atoms with van der Waals surface area (Å²) in [5.41, 5.74) is 0.667. The zero-order chi connectivity index (χ0) is 14.8. The highest BCUT2D eigenvalue weighted by molar-refractivity contribution is 5.82. The van der Waals surface area contributed by atoms with Gasteiger partial charge >= 0.3 is 0 Å². The first kappa shape index (κ1) is 13.1. The Kier molecular flexibility index (Phi) is 3.23. The summed E-state index contributed by atoms with van der Waals surface area (Å²) in [6.07, 6.45) is 2.32. The Balaban J connectivity index is 2.23. The van der Waals surface area contributed by atoms with Crippen LogP contribution in [0.5, 0.6) is 5.75 Å². The molecule has 0 aliphatic carbocycles. The lowest BCUT2D eigenvalue weighted by molar-refractivity contribution is 0.112. The predicted molar refractivity (Wildman–Crippen MR) is 79.3 cm³/mol. The molecule has 0 saturated carbocycles. The van der Waals surface area contributed by atoms with Crippen LogP contribution in [0.3, 0.4) is 0 Å². The van der Waals surface area contributed by atoms with E-state index in [9.17, 15) is 9.59 Å². The molecule has 0 fully saturated rings. The molecule has 0 N–H and O–H groups in total. The van der Waals surface area contributed by atoms with Gasteiger partial charge in [0.2, 0.25) is 0 Å². The van der Waals surface area contributed by atoms with E-state index in [4.69, 9.17) is 4.74 Å². The maximum absolute atomic E-state index is 12.5. The Morgan fingerprint density at radius 1 is 1.19 bits per heavy atom. The molecule has 2 aromatic carbocycles. The van der Waals surface area contributed by atoms with Crippen molar-refractivity contribution in [2.75, 3.05) is 7.11 Å². The number of rotatable bonds is 3. The number of benzene rings is 2. The third kappa shape index (κ3) is 2.18. The van der Waals surface area contributed by atoms with Crippen LogP contribution in [0.25, 0.3) is 16.5 Å². The number of hydrogen-bond donors (Lipinski definition) is 0. The van der Waals surface area contributed by atoms with Crippen molar-refractivity contribution in [3.63, 3.8) is 0 Å². The number of hydrogen-bond acceptors (Lipinski definition) is 4. The monoisotopic (exact) mass is 280 g/mol. The molecule has 0 atom stereocenters. The van der Waals surface area contributed by atoms with Crippen LogP contribution in [0.15, 0.2) is 53.5 Å². The van der Waals surface area contributed by atoms with Gasteiger partial charge in [-0.05, 0) is 24.3 Å². The lowest BCUT2D eigenvalue weighted by Crippen LogP contribution is -2.21. The normalized spacial score (nSPS) is 10.5. The van der Waals surface area contributed by atoms with E-state index in [1.807, 2.05) is 12.1 Å². The molecule has 0 saturated heterocycles. The van der Waals surface area contributed by atoms with E-state index in [0.717, 1.165) is 5.39 Å². The first-order valence-corrected chi connectivity index (χ1v) is 6.35. The van der Waals surface area contributed by atoms with E-state index in [1.165, 1.54) is 11.8 Å². The smallest absolute Gasteiger partial charge is 0.279 e. The lowest BCUT2D eigenvalue weighted by Gasteiger charge is -2.08. The molecule has 0 aliphatic rings. The molecule has 21 heavy (non-hydrogen) atoms. The van der Waals surface area contributed by atoms with Gasteiger partial charge < -0.3 is 4.74 Å². The number of aldehydes is 1. The molecular formula is C16H12N2O3. The summed E-state index contributed by atoms with van der Waals surface area (Å²) >= 11 is 0. The van der Waals surface area contributed by atoms with Gasteiger partial charge in [0.05, 0.1) is 29.9 Å². The van der Waals surface area contributed by atoms with E-state index in [1.54, 1.807) is 36.5 Å². The summed E-state index contributed by atoms with van der Waals surface area (Å²) in [5, 5.41) is 5.52. The van der Waals surface area contributed by atoms with Crippen molar-refractivity contribution in [2.24, 2.45) is 0 Å². The first-order valence-electron chi connectivity index (χ1n) is 6.35. The van der Waals surface area contributed by atoms with Crippen molar-refractivity contribution >= 4 is 17.1 Å². The average molecular weight is 280 g/mol. The largest absolute Gasteiger partial charge is 0.496 e. The standard InChI is InChI=1S/C16H12N2O3/c1-21-15-7-6-13(8-12(15)10-19)18-16(20)14-5-3-2-4-11(14)9-17-18/h2-10H,1H3. The molecule has 0 aliphatic heterocycles. The van der Waals surface area contributed by atoms with Gasteiger partial charge in [-0.1, -0.05) is 18.2 Å². The number of carbonyl (C=O) groups is 1. The average Bonchev–Trinajstić information content (AvgIpc) is 2.55. The highest BCUT2D eigenvalue weighted by Crippen LogP contribution is 2.19. The molecule has 1 heterocycles. The molecule has 0 spiro atoms. The van der Waals surface area contributed by atoms with Crippen molar-refractivity contribution in [3.05, 3.63) is 64.6 Å². The van der Waals surface area contributed by atoms with Gasteiger partial charge in [-0.2, -0.15) is 9.78 Å². The van der Waals surface area contributed by atoms with E-state index in [0.29, 0.717) is 28.7 Å². The van der Waals surface area contributed by atoms with Crippen molar-refractivity contribution in [3.8, 4) is 11.4 Å². The van der Waals surface area contributed by atoms with Gasteiger partial charge in [-0.25, -0.2) is 0 Å². The summed E-state index contributed by atoms with van der Waals surface area (Å²) in [5.74, 6) is 0.461. The van der Waals surface area contributed by atoms with E-state index in [-0.39, 0.29) is 5.56 Å². The minimum absolute atomic E-state index is 0.227. The first-order chi connectivity index (χ1) is 10.2. The molecule has 3 rings (SSSR count). The number of fused-ring (bicyclic) bond motifs is 1. The molecule has 0 unspecified atom stereocenters. The molecule has 5 nitrogen and oxygen atoms in total. The second-order valence-corrected chi connectivity index (χ2v) is 4.49. The third-order valence-electron chi connectivity index (χ3n) is 3.28. The molecule has 3 aromatic rings. The second kappa shape index (κ2) is 5.20. The maximum atomic E-state index is 12.5.